The molecule has 4 rings (SSSR count). The molecule has 1 fully saturated rings. The van der Waals surface area contributed by atoms with E-state index in [-0.39, 0.29) is 11.9 Å². The standard InChI is InChI=1S/C20H20ClN3O/c21-16-6-7-17-15(12-16)13-24-18(8-9-19(24)23-17)20(25)22-11-10-14-4-2-1-3-5-14/h1-7,12,18H,8-11,13H2,(H,22,25)/t18-/m0/s1. The molecule has 4 nitrogen and oxygen atoms in total. The zero-order valence-corrected chi connectivity index (χ0v) is 14.7. The van der Waals surface area contributed by atoms with E-state index in [1.54, 1.807) is 0 Å². The van der Waals surface area contributed by atoms with E-state index in [1.165, 1.54) is 5.56 Å². The van der Waals surface area contributed by atoms with Crippen molar-refractivity contribution in [2.75, 3.05) is 6.54 Å². The van der Waals surface area contributed by atoms with E-state index in [4.69, 9.17) is 16.6 Å². The summed E-state index contributed by atoms with van der Waals surface area (Å²) in [6.07, 6.45) is 2.51. The van der Waals surface area contributed by atoms with Gasteiger partial charge in [0.05, 0.1) is 5.69 Å². The summed E-state index contributed by atoms with van der Waals surface area (Å²) in [7, 11) is 0. The van der Waals surface area contributed by atoms with Gasteiger partial charge in [-0.15, -0.1) is 0 Å². The SMILES string of the molecule is O=C(NCCc1ccccc1)[C@@H]1CCC2=Nc3ccc(Cl)cc3CN21. The molecule has 0 spiro atoms. The Morgan fingerprint density at radius 2 is 2.08 bits per heavy atom. The van der Waals surface area contributed by atoms with Crippen LogP contribution >= 0.6 is 11.6 Å². The first-order valence-corrected chi connectivity index (χ1v) is 9.03. The lowest BCUT2D eigenvalue weighted by molar-refractivity contribution is -0.124. The molecule has 2 aromatic carbocycles. The topological polar surface area (TPSA) is 44.7 Å². The fourth-order valence-corrected chi connectivity index (χ4v) is 3.74. The molecule has 0 saturated carbocycles. The second-order valence-electron chi connectivity index (χ2n) is 6.51. The van der Waals surface area contributed by atoms with Crippen LogP contribution < -0.4 is 5.32 Å². The highest BCUT2D eigenvalue weighted by Crippen LogP contribution is 2.34. The smallest absolute Gasteiger partial charge is 0.242 e. The highest BCUT2D eigenvalue weighted by molar-refractivity contribution is 6.30. The summed E-state index contributed by atoms with van der Waals surface area (Å²) >= 11 is 6.10. The average Bonchev–Trinajstić information content (AvgIpc) is 3.03. The third-order valence-electron chi connectivity index (χ3n) is 4.84. The zero-order valence-electron chi connectivity index (χ0n) is 13.9. The number of fused-ring (bicyclic) bond motifs is 2. The minimum atomic E-state index is -0.137. The maximum Gasteiger partial charge on any atom is 0.242 e. The summed E-state index contributed by atoms with van der Waals surface area (Å²) in [6, 6.07) is 15.8. The van der Waals surface area contributed by atoms with Crippen LogP contribution in [0.1, 0.15) is 24.0 Å². The molecule has 1 N–H and O–H groups in total. The van der Waals surface area contributed by atoms with Crippen LogP contribution in [0.25, 0.3) is 0 Å². The third kappa shape index (κ3) is 3.40. The highest BCUT2D eigenvalue weighted by atomic mass is 35.5. The first-order valence-electron chi connectivity index (χ1n) is 8.65. The number of rotatable bonds is 4. The number of hydrogen-bond acceptors (Lipinski definition) is 3. The molecule has 2 aliphatic rings. The lowest BCUT2D eigenvalue weighted by Gasteiger charge is -2.30. The maximum atomic E-state index is 12.6. The van der Waals surface area contributed by atoms with Gasteiger partial charge in [0.25, 0.3) is 0 Å². The van der Waals surface area contributed by atoms with Crippen LogP contribution in [-0.4, -0.2) is 29.2 Å². The van der Waals surface area contributed by atoms with Crippen molar-refractivity contribution in [3.05, 3.63) is 64.7 Å². The summed E-state index contributed by atoms with van der Waals surface area (Å²) < 4.78 is 0. The lowest BCUT2D eigenvalue weighted by atomic mass is 10.1. The lowest BCUT2D eigenvalue weighted by Crippen LogP contribution is -2.45. The van der Waals surface area contributed by atoms with E-state index < -0.39 is 0 Å². The molecule has 0 aliphatic carbocycles. The van der Waals surface area contributed by atoms with Crippen molar-refractivity contribution in [3.8, 4) is 0 Å². The van der Waals surface area contributed by atoms with Gasteiger partial charge in [0.15, 0.2) is 0 Å². The number of nitrogens with one attached hydrogen (secondary N) is 1. The van der Waals surface area contributed by atoms with Gasteiger partial charge in [-0.2, -0.15) is 0 Å². The van der Waals surface area contributed by atoms with E-state index in [1.807, 2.05) is 36.4 Å². The molecular formula is C20H20ClN3O. The molecule has 0 aromatic heterocycles. The molecule has 1 saturated heterocycles. The van der Waals surface area contributed by atoms with Gasteiger partial charge in [-0.1, -0.05) is 41.9 Å². The van der Waals surface area contributed by atoms with E-state index in [0.29, 0.717) is 18.1 Å². The fourth-order valence-electron chi connectivity index (χ4n) is 3.54. The number of hydrogen-bond donors (Lipinski definition) is 1. The monoisotopic (exact) mass is 353 g/mol. The Labute approximate surface area is 152 Å². The summed E-state index contributed by atoms with van der Waals surface area (Å²) in [5.41, 5.74) is 3.29. The number of amidine groups is 1. The normalized spacial score (nSPS) is 18.4. The predicted molar refractivity (Wildman–Crippen MR) is 100 cm³/mol. The van der Waals surface area contributed by atoms with Crippen molar-refractivity contribution in [2.45, 2.75) is 31.8 Å². The summed E-state index contributed by atoms with van der Waals surface area (Å²) in [4.78, 5) is 19.5. The van der Waals surface area contributed by atoms with Gasteiger partial charge < -0.3 is 10.2 Å². The molecule has 1 amide bonds. The van der Waals surface area contributed by atoms with Crippen LogP contribution in [0.4, 0.5) is 5.69 Å². The van der Waals surface area contributed by atoms with Crippen molar-refractivity contribution in [1.82, 2.24) is 10.2 Å². The molecule has 128 valence electrons. The van der Waals surface area contributed by atoms with Crippen molar-refractivity contribution >= 4 is 29.0 Å². The number of carbonyl (C=O) groups is 1. The van der Waals surface area contributed by atoms with Gasteiger partial charge in [0.1, 0.15) is 11.9 Å². The highest BCUT2D eigenvalue weighted by Gasteiger charge is 2.36. The number of aliphatic imine (C=N–C) groups is 1. The van der Waals surface area contributed by atoms with Crippen molar-refractivity contribution < 1.29 is 4.79 Å². The number of amides is 1. The maximum absolute atomic E-state index is 12.6. The van der Waals surface area contributed by atoms with E-state index in [0.717, 1.165) is 36.3 Å². The van der Waals surface area contributed by atoms with Gasteiger partial charge in [0.2, 0.25) is 5.91 Å². The number of benzene rings is 2. The van der Waals surface area contributed by atoms with Crippen molar-refractivity contribution in [2.24, 2.45) is 4.99 Å². The molecule has 0 radical (unpaired) electrons. The van der Waals surface area contributed by atoms with Gasteiger partial charge in [0, 0.05) is 24.5 Å². The van der Waals surface area contributed by atoms with E-state index in [2.05, 4.69) is 22.3 Å². The van der Waals surface area contributed by atoms with Gasteiger partial charge in [-0.25, -0.2) is 4.99 Å². The molecule has 2 heterocycles. The van der Waals surface area contributed by atoms with Crippen molar-refractivity contribution in [3.63, 3.8) is 0 Å². The summed E-state index contributed by atoms with van der Waals surface area (Å²) in [6.45, 7) is 1.35. The van der Waals surface area contributed by atoms with Gasteiger partial charge in [-0.3, -0.25) is 4.79 Å². The predicted octanol–water partition coefficient (Wildman–Crippen LogP) is 3.71. The second-order valence-corrected chi connectivity index (χ2v) is 6.95. The Balaban J connectivity index is 1.40. The molecule has 1 atom stereocenters. The molecule has 25 heavy (non-hydrogen) atoms. The Morgan fingerprint density at radius 3 is 2.92 bits per heavy atom. The fraction of sp³-hybridized carbons (Fsp3) is 0.300. The number of carbonyl (C=O) groups excluding carboxylic acids is 1. The van der Waals surface area contributed by atoms with Crippen LogP contribution in [0.5, 0.6) is 0 Å². The quantitative estimate of drug-likeness (QED) is 0.910. The van der Waals surface area contributed by atoms with Crippen LogP contribution in [0.3, 0.4) is 0 Å². The molecule has 5 heteroatoms. The molecular weight excluding hydrogens is 334 g/mol. The first-order chi connectivity index (χ1) is 12.2. The Bertz CT molecular complexity index is 819. The Morgan fingerprint density at radius 1 is 1.24 bits per heavy atom. The van der Waals surface area contributed by atoms with Crippen LogP contribution in [0, 0.1) is 0 Å². The average molecular weight is 354 g/mol. The minimum absolute atomic E-state index is 0.0895. The van der Waals surface area contributed by atoms with E-state index in [9.17, 15) is 4.79 Å². The molecule has 0 unspecified atom stereocenters. The van der Waals surface area contributed by atoms with Crippen LogP contribution in [0.15, 0.2) is 53.5 Å². The molecule has 2 aromatic rings. The molecule has 0 bridgehead atoms. The Hall–Kier alpha value is -2.33. The zero-order chi connectivity index (χ0) is 17.2. The summed E-state index contributed by atoms with van der Waals surface area (Å²) in [5.74, 6) is 1.10. The van der Waals surface area contributed by atoms with Gasteiger partial charge in [-0.05, 0) is 42.2 Å². The van der Waals surface area contributed by atoms with Crippen LogP contribution in [-0.2, 0) is 17.8 Å². The number of nitrogens with zero attached hydrogens (tertiary/aromatic N) is 2. The summed E-state index contributed by atoms with van der Waals surface area (Å²) in [5, 5.41) is 3.79. The third-order valence-corrected chi connectivity index (χ3v) is 5.07. The second kappa shape index (κ2) is 6.89. The molecule has 2 aliphatic heterocycles. The Kier molecular flexibility index (Phi) is 4.45. The largest absolute Gasteiger partial charge is 0.354 e. The number of halogens is 1. The van der Waals surface area contributed by atoms with Crippen molar-refractivity contribution in [1.29, 1.82) is 0 Å². The van der Waals surface area contributed by atoms with Gasteiger partial charge >= 0.3 is 0 Å². The minimum Gasteiger partial charge on any atom is -0.354 e. The first kappa shape index (κ1) is 16.2. The van der Waals surface area contributed by atoms with E-state index >= 15 is 0 Å². The van der Waals surface area contributed by atoms with Crippen LogP contribution in [0.2, 0.25) is 5.02 Å².